The molecule has 5 heteroatoms. The van der Waals surface area contributed by atoms with Gasteiger partial charge in [-0.05, 0) is 23.6 Å². The number of hydrogen-bond donors (Lipinski definition) is 1. The third-order valence-electron chi connectivity index (χ3n) is 2.55. The first kappa shape index (κ1) is 15.8. The highest BCUT2D eigenvalue weighted by atomic mass is 16.6. The molecule has 0 spiro atoms. The summed E-state index contributed by atoms with van der Waals surface area (Å²) in [7, 11) is 0. The van der Waals surface area contributed by atoms with Gasteiger partial charge >= 0.3 is 12.1 Å². The maximum absolute atomic E-state index is 11.5. The van der Waals surface area contributed by atoms with Gasteiger partial charge in [0.1, 0.15) is 13.2 Å². The summed E-state index contributed by atoms with van der Waals surface area (Å²) in [5.41, 5.74) is 1.85. The second-order valence-corrected chi connectivity index (χ2v) is 4.41. The topological polar surface area (TPSA) is 64.6 Å². The molecular formula is C15H19NO4. The first-order chi connectivity index (χ1) is 9.52. The average molecular weight is 277 g/mol. The number of benzene rings is 1. The molecule has 0 heterocycles. The molecular weight excluding hydrogens is 258 g/mol. The van der Waals surface area contributed by atoms with Crippen molar-refractivity contribution in [1.29, 1.82) is 0 Å². The monoisotopic (exact) mass is 277 g/mol. The van der Waals surface area contributed by atoms with Crippen molar-refractivity contribution in [2.75, 3.05) is 18.5 Å². The minimum absolute atomic E-state index is 0.00447. The fourth-order valence-corrected chi connectivity index (χ4v) is 1.44. The van der Waals surface area contributed by atoms with E-state index in [1.165, 1.54) is 5.56 Å². The van der Waals surface area contributed by atoms with Gasteiger partial charge in [0.15, 0.2) is 0 Å². The van der Waals surface area contributed by atoms with Crippen molar-refractivity contribution in [3.8, 4) is 0 Å². The van der Waals surface area contributed by atoms with E-state index >= 15 is 0 Å². The molecule has 0 fully saturated rings. The Balaban J connectivity index is 2.31. The fourth-order valence-electron chi connectivity index (χ4n) is 1.44. The molecule has 5 nitrogen and oxygen atoms in total. The number of amides is 1. The van der Waals surface area contributed by atoms with Gasteiger partial charge in [-0.25, -0.2) is 9.59 Å². The second kappa shape index (κ2) is 7.99. The molecule has 1 aromatic carbocycles. The smallest absolute Gasteiger partial charge is 0.411 e. The Morgan fingerprint density at radius 1 is 1.20 bits per heavy atom. The number of carbonyl (C=O) groups is 2. The number of anilines is 1. The van der Waals surface area contributed by atoms with Crippen molar-refractivity contribution < 1.29 is 19.1 Å². The van der Waals surface area contributed by atoms with Crippen LogP contribution in [0.1, 0.15) is 25.3 Å². The van der Waals surface area contributed by atoms with E-state index in [0.29, 0.717) is 11.6 Å². The molecule has 1 rings (SSSR count). The molecule has 0 aromatic heterocycles. The third-order valence-corrected chi connectivity index (χ3v) is 2.55. The van der Waals surface area contributed by atoms with Gasteiger partial charge in [-0.15, -0.1) is 0 Å². The van der Waals surface area contributed by atoms with Crippen molar-refractivity contribution in [3.05, 3.63) is 42.5 Å². The van der Waals surface area contributed by atoms with E-state index in [0.717, 1.165) is 6.08 Å². The Hall–Kier alpha value is -2.30. The van der Waals surface area contributed by atoms with Gasteiger partial charge in [-0.1, -0.05) is 32.6 Å². The summed E-state index contributed by atoms with van der Waals surface area (Å²) in [6.07, 6.45) is 0.466. The Labute approximate surface area is 118 Å². The molecule has 0 saturated carbocycles. The molecule has 0 unspecified atom stereocenters. The van der Waals surface area contributed by atoms with Crippen LogP contribution in [0, 0.1) is 0 Å². The van der Waals surface area contributed by atoms with Crippen LogP contribution in [0.2, 0.25) is 0 Å². The summed E-state index contributed by atoms with van der Waals surface area (Å²) in [6.45, 7) is 7.45. The van der Waals surface area contributed by atoms with E-state index in [4.69, 9.17) is 4.74 Å². The van der Waals surface area contributed by atoms with Gasteiger partial charge in [0, 0.05) is 11.8 Å². The fraction of sp³-hybridized carbons (Fsp3) is 0.333. The molecule has 1 aromatic rings. The van der Waals surface area contributed by atoms with Crippen LogP contribution in [-0.4, -0.2) is 25.3 Å². The summed E-state index contributed by atoms with van der Waals surface area (Å²) in [6, 6.07) is 7.53. The molecule has 0 atom stereocenters. The molecule has 0 saturated heterocycles. The van der Waals surface area contributed by atoms with E-state index in [9.17, 15) is 9.59 Å². The molecule has 0 radical (unpaired) electrons. The predicted molar refractivity (Wildman–Crippen MR) is 76.7 cm³/mol. The van der Waals surface area contributed by atoms with Gasteiger partial charge in [0.05, 0.1) is 0 Å². The molecule has 0 aliphatic rings. The zero-order valence-electron chi connectivity index (χ0n) is 11.7. The quantitative estimate of drug-likeness (QED) is 0.493. The van der Waals surface area contributed by atoms with Crippen LogP contribution >= 0.6 is 0 Å². The lowest BCUT2D eigenvalue weighted by molar-refractivity contribution is -0.138. The molecule has 1 amide bonds. The first-order valence-corrected chi connectivity index (χ1v) is 6.36. The highest BCUT2D eigenvalue weighted by Crippen LogP contribution is 2.17. The molecule has 0 aliphatic heterocycles. The van der Waals surface area contributed by atoms with Crippen LogP contribution < -0.4 is 5.32 Å². The summed E-state index contributed by atoms with van der Waals surface area (Å²) in [4.78, 5) is 22.2. The van der Waals surface area contributed by atoms with E-state index < -0.39 is 12.1 Å². The average Bonchev–Trinajstić information content (AvgIpc) is 2.43. The lowest BCUT2D eigenvalue weighted by Gasteiger charge is -2.09. The maximum atomic E-state index is 11.5. The summed E-state index contributed by atoms with van der Waals surface area (Å²) in [5.74, 6) is -0.103. The van der Waals surface area contributed by atoms with Crippen LogP contribution in [0.4, 0.5) is 10.5 Å². The predicted octanol–water partition coefficient (Wildman–Crippen LogP) is 3.09. The van der Waals surface area contributed by atoms with Crippen LogP contribution in [0.3, 0.4) is 0 Å². The number of rotatable bonds is 6. The zero-order chi connectivity index (χ0) is 15.0. The minimum atomic E-state index is -0.586. The lowest BCUT2D eigenvalue weighted by Crippen LogP contribution is -2.17. The molecule has 108 valence electrons. The Morgan fingerprint density at radius 3 is 2.35 bits per heavy atom. The van der Waals surface area contributed by atoms with Crippen LogP contribution in [0.5, 0.6) is 0 Å². The van der Waals surface area contributed by atoms with Crippen molar-refractivity contribution >= 4 is 17.7 Å². The number of esters is 1. The first-order valence-electron chi connectivity index (χ1n) is 6.36. The zero-order valence-corrected chi connectivity index (χ0v) is 11.7. The van der Waals surface area contributed by atoms with Gasteiger partial charge in [0.2, 0.25) is 0 Å². The van der Waals surface area contributed by atoms with Crippen molar-refractivity contribution in [3.63, 3.8) is 0 Å². The maximum Gasteiger partial charge on any atom is 0.411 e. The lowest BCUT2D eigenvalue weighted by atomic mass is 10.0. The Bertz CT molecular complexity index is 465. The Kier molecular flexibility index (Phi) is 6.29. The highest BCUT2D eigenvalue weighted by Gasteiger charge is 2.04. The third kappa shape index (κ3) is 5.56. The van der Waals surface area contributed by atoms with Crippen LogP contribution in [0.25, 0.3) is 0 Å². The summed E-state index contributed by atoms with van der Waals surface area (Å²) in [5, 5.41) is 2.59. The normalized spacial score (nSPS) is 9.95. The van der Waals surface area contributed by atoms with E-state index in [1.54, 1.807) is 0 Å². The van der Waals surface area contributed by atoms with Crippen molar-refractivity contribution in [2.24, 2.45) is 0 Å². The van der Waals surface area contributed by atoms with Gasteiger partial charge in [-0.3, -0.25) is 5.32 Å². The number of carbonyl (C=O) groups excluding carboxylic acids is 2. The van der Waals surface area contributed by atoms with E-state index in [-0.39, 0.29) is 13.2 Å². The molecule has 0 bridgehead atoms. The van der Waals surface area contributed by atoms with Crippen molar-refractivity contribution in [2.45, 2.75) is 19.8 Å². The largest absolute Gasteiger partial charge is 0.459 e. The molecule has 1 N–H and O–H groups in total. The van der Waals surface area contributed by atoms with Gasteiger partial charge in [0.25, 0.3) is 0 Å². The number of ether oxygens (including phenoxy) is 2. The molecule has 20 heavy (non-hydrogen) atoms. The standard InChI is InChI=1S/C15H19NO4/c1-4-14(17)19-9-10-20-15(18)16-13-7-5-12(6-8-13)11(2)3/h4-8,11H,1,9-10H2,2-3H3,(H,16,18). The Morgan fingerprint density at radius 2 is 1.80 bits per heavy atom. The van der Waals surface area contributed by atoms with E-state index in [2.05, 4.69) is 30.5 Å². The highest BCUT2D eigenvalue weighted by molar-refractivity contribution is 5.84. The summed E-state index contributed by atoms with van der Waals surface area (Å²) < 4.78 is 9.53. The number of hydrogen-bond acceptors (Lipinski definition) is 4. The van der Waals surface area contributed by atoms with Gasteiger partial charge in [-0.2, -0.15) is 0 Å². The van der Waals surface area contributed by atoms with Gasteiger partial charge < -0.3 is 9.47 Å². The van der Waals surface area contributed by atoms with Crippen molar-refractivity contribution in [1.82, 2.24) is 0 Å². The summed E-state index contributed by atoms with van der Waals surface area (Å²) >= 11 is 0. The SMILES string of the molecule is C=CC(=O)OCCOC(=O)Nc1ccc(C(C)C)cc1. The number of nitrogens with one attached hydrogen (secondary N) is 1. The molecule has 0 aliphatic carbocycles. The van der Waals surface area contributed by atoms with Crippen LogP contribution in [-0.2, 0) is 14.3 Å². The minimum Gasteiger partial charge on any atom is -0.459 e. The van der Waals surface area contributed by atoms with E-state index in [1.807, 2.05) is 24.3 Å². The van der Waals surface area contributed by atoms with Crippen LogP contribution in [0.15, 0.2) is 36.9 Å². The second-order valence-electron chi connectivity index (χ2n) is 4.41.